The number of fused-ring (bicyclic) bond motifs is 5. The van der Waals surface area contributed by atoms with E-state index in [9.17, 15) is 44.4 Å². The molecule has 2 heterocycles. The highest BCUT2D eigenvalue weighted by molar-refractivity contribution is 6.02. The fourth-order valence-electron chi connectivity index (χ4n) is 7.22. The molecule has 20 heteroatoms. The van der Waals surface area contributed by atoms with Gasteiger partial charge in [-0.15, -0.1) is 0 Å². The van der Waals surface area contributed by atoms with Crippen molar-refractivity contribution in [3.8, 4) is 39.8 Å². The van der Waals surface area contributed by atoms with Gasteiger partial charge in [0.2, 0.25) is 17.7 Å². The minimum absolute atomic E-state index is 0.0351. The van der Waals surface area contributed by atoms with E-state index in [0.29, 0.717) is 29.7 Å². The third kappa shape index (κ3) is 11.7. The number of ether oxygens (including phenoxy) is 2. The van der Waals surface area contributed by atoms with Gasteiger partial charge in [-0.25, -0.2) is 14.8 Å². The highest BCUT2D eigenvalue weighted by Gasteiger charge is 2.35. The first-order valence-electron chi connectivity index (χ1n) is 21.3. The number of hydrogen-bond donors (Lipinski definition) is 10. The SMILES string of the molecule is Cc1nc(-c2ccc(C(C)(C)C)cc2CO)nc(N)c1C(=O)NCC(=O)N(C)[C@@H]1C(=O)N[C@@H](C)C(=O)N[C@H](C(=O)O)Cc2ccc(OCCCN)c(c2)-c2cc1cc(OC[C@H](O)CN)c2O. The molecule has 4 aromatic rings. The maximum atomic E-state index is 14.4. The summed E-state index contributed by atoms with van der Waals surface area (Å²) in [5, 5.41) is 49.9. The minimum atomic E-state index is -1.60. The number of nitrogens with zero attached hydrogens (tertiary/aromatic N) is 3. The number of hydrogen-bond acceptors (Lipinski definition) is 15. The van der Waals surface area contributed by atoms with Gasteiger partial charge in [-0.2, -0.15) is 0 Å². The Labute approximate surface area is 381 Å². The molecule has 3 aromatic carbocycles. The molecule has 1 aliphatic heterocycles. The number of rotatable bonds is 15. The van der Waals surface area contributed by atoms with Crippen LogP contribution in [-0.4, -0.2) is 123 Å². The average Bonchev–Trinajstić information content (AvgIpc) is 3.26. The van der Waals surface area contributed by atoms with Crippen molar-refractivity contribution in [1.29, 1.82) is 0 Å². The zero-order valence-corrected chi connectivity index (χ0v) is 37.8. The van der Waals surface area contributed by atoms with Crippen LogP contribution in [-0.2, 0) is 37.6 Å². The molecule has 0 unspecified atom stereocenters. The smallest absolute Gasteiger partial charge is 0.326 e. The number of phenolic OH excluding ortho intramolecular Hbond substituents is 1. The summed E-state index contributed by atoms with van der Waals surface area (Å²) in [6.45, 7) is 7.90. The normalized spacial score (nSPS) is 16.8. The van der Waals surface area contributed by atoms with Crippen molar-refractivity contribution in [2.24, 2.45) is 11.5 Å². The first kappa shape index (κ1) is 50.1. The van der Waals surface area contributed by atoms with E-state index in [-0.39, 0.29) is 89.3 Å². The van der Waals surface area contributed by atoms with Crippen LogP contribution in [0.4, 0.5) is 5.82 Å². The first-order chi connectivity index (χ1) is 31.2. The number of phenols is 1. The Morgan fingerprint density at radius 1 is 0.970 bits per heavy atom. The van der Waals surface area contributed by atoms with Crippen LogP contribution in [0.1, 0.15) is 78.5 Å². The summed E-state index contributed by atoms with van der Waals surface area (Å²) in [6.07, 6.45) is -0.907. The van der Waals surface area contributed by atoms with Crippen molar-refractivity contribution in [2.75, 3.05) is 45.6 Å². The lowest BCUT2D eigenvalue weighted by Gasteiger charge is -2.30. The lowest BCUT2D eigenvalue weighted by atomic mass is 9.85. The van der Waals surface area contributed by atoms with Gasteiger partial charge in [0.1, 0.15) is 48.0 Å². The number of anilines is 1. The second-order valence-electron chi connectivity index (χ2n) is 17.0. The van der Waals surface area contributed by atoms with Crippen LogP contribution in [0.15, 0.2) is 48.5 Å². The standard InChI is InChI=1S/C46H59N9O11/c1-23-37(40(49)54-41(51-23)30-10-9-28(46(3,4)5)16-27(30)21-56)43(61)50-20-36(58)55(6)38-26-17-32(39(59)35(18-26)66-22-29(57)19-48)31-14-25(8-11-34(31)65-13-7-12-47)15-33(45(63)64)53-42(60)24(2)52-44(38)62/h8-11,14,16-18,24,29,33,38,56-57,59H,7,12-13,15,19-22,47-48H2,1-6H3,(H,50,61)(H,52,62)(H,53,60)(H,63,64)(H2,49,51,54)/t24-,29+,33-,38-/m0/s1. The van der Waals surface area contributed by atoms with Crippen molar-refractivity contribution in [2.45, 2.75) is 83.7 Å². The molecule has 0 saturated heterocycles. The highest BCUT2D eigenvalue weighted by Crippen LogP contribution is 2.45. The molecule has 354 valence electrons. The number of nitrogen functional groups attached to an aromatic ring is 1. The molecule has 0 fully saturated rings. The molecule has 0 saturated carbocycles. The Hall–Kier alpha value is -6.87. The summed E-state index contributed by atoms with van der Waals surface area (Å²) >= 11 is 0. The number of amides is 4. The average molecular weight is 914 g/mol. The fraction of sp³-hybridized carbons (Fsp3) is 0.413. The lowest BCUT2D eigenvalue weighted by molar-refractivity contribution is -0.142. The van der Waals surface area contributed by atoms with Gasteiger partial charge in [0.15, 0.2) is 17.3 Å². The number of nitrogens with one attached hydrogen (secondary N) is 3. The highest BCUT2D eigenvalue weighted by atomic mass is 16.5. The van der Waals surface area contributed by atoms with E-state index in [2.05, 4.69) is 25.9 Å². The number of aliphatic carboxylic acids is 1. The van der Waals surface area contributed by atoms with Crippen molar-refractivity contribution >= 4 is 35.4 Å². The molecular formula is C46H59N9O11. The number of aromatic hydroxyl groups is 1. The lowest BCUT2D eigenvalue weighted by Crippen LogP contribution is -2.53. The number of carbonyl (C=O) groups excluding carboxylic acids is 4. The van der Waals surface area contributed by atoms with Crippen molar-refractivity contribution in [3.63, 3.8) is 0 Å². The molecule has 20 nitrogen and oxygen atoms in total. The third-order valence-corrected chi connectivity index (χ3v) is 11.0. The number of carboxylic acids is 1. The summed E-state index contributed by atoms with van der Waals surface area (Å²) in [6, 6.07) is 8.58. The zero-order valence-electron chi connectivity index (χ0n) is 37.8. The van der Waals surface area contributed by atoms with Gasteiger partial charge in [-0.05, 0) is 78.7 Å². The van der Waals surface area contributed by atoms with Gasteiger partial charge in [0, 0.05) is 36.7 Å². The summed E-state index contributed by atoms with van der Waals surface area (Å²) in [5.41, 5.74) is 20.3. The number of nitrogens with two attached hydrogens (primary N) is 3. The van der Waals surface area contributed by atoms with E-state index < -0.39 is 66.1 Å². The number of likely N-dealkylation sites (N-methyl/N-ethyl adjacent to an activating group) is 1. The number of aliphatic hydroxyl groups excluding tert-OH is 2. The Bertz CT molecular complexity index is 2450. The molecule has 1 aliphatic rings. The molecule has 0 aliphatic carbocycles. The van der Waals surface area contributed by atoms with E-state index in [4.69, 9.17) is 26.7 Å². The van der Waals surface area contributed by atoms with E-state index in [0.717, 1.165) is 10.5 Å². The van der Waals surface area contributed by atoms with Gasteiger partial charge in [0.25, 0.3) is 5.91 Å². The predicted octanol–water partition coefficient (Wildman–Crippen LogP) is 1.18. The van der Waals surface area contributed by atoms with E-state index in [1.54, 1.807) is 31.2 Å². The second kappa shape index (κ2) is 21.4. The van der Waals surface area contributed by atoms with E-state index in [1.165, 1.54) is 26.1 Å². The van der Waals surface area contributed by atoms with E-state index in [1.807, 2.05) is 32.9 Å². The second-order valence-corrected chi connectivity index (χ2v) is 17.0. The number of carboxylic acid groups (broad SMARTS) is 1. The molecule has 13 N–H and O–H groups in total. The van der Waals surface area contributed by atoms with Crippen LogP contribution in [0.2, 0.25) is 0 Å². The summed E-state index contributed by atoms with van der Waals surface area (Å²) in [7, 11) is 1.28. The molecule has 0 radical (unpaired) electrons. The number of carbonyl (C=O) groups is 5. The van der Waals surface area contributed by atoms with Gasteiger partial charge >= 0.3 is 5.97 Å². The molecule has 1 aromatic heterocycles. The van der Waals surface area contributed by atoms with Crippen LogP contribution in [0.5, 0.6) is 17.2 Å². The van der Waals surface area contributed by atoms with E-state index >= 15 is 0 Å². The maximum absolute atomic E-state index is 14.4. The Kier molecular flexibility index (Phi) is 16.3. The van der Waals surface area contributed by atoms with Gasteiger partial charge in [0.05, 0.1) is 25.5 Å². The number of benzene rings is 3. The van der Waals surface area contributed by atoms with Gasteiger partial charge in [-0.3, -0.25) is 19.2 Å². The molecular weight excluding hydrogens is 855 g/mol. The van der Waals surface area contributed by atoms with Crippen LogP contribution in [0.25, 0.3) is 22.5 Å². The minimum Gasteiger partial charge on any atom is -0.504 e. The molecule has 66 heavy (non-hydrogen) atoms. The van der Waals surface area contributed by atoms with Crippen molar-refractivity contribution in [3.05, 3.63) is 82.0 Å². The van der Waals surface area contributed by atoms with Gasteiger partial charge in [-0.1, -0.05) is 45.0 Å². The van der Waals surface area contributed by atoms with Crippen LogP contribution < -0.4 is 42.6 Å². The van der Waals surface area contributed by atoms with Crippen LogP contribution >= 0.6 is 0 Å². The first-order valence-corrected chi connectivity index (χ1v) is 21.3. The molecule has 5 rings (SSSR count). The largest absolute Gasteiger partial charge is 0.504 e. The Morgan fingerprint density at radius 3 is 2.33 bits per heavy atom. The molecule has 4 bridgehead atoms. The molecule has 4 amide bonds. The topological polar surface area (TPSA) is 328 Å². The van der Waals surface area contributed by atoms with Crippen LogP contribution in [0, 0.1) is 6.92 Å². The number of aromatic nitrogens is 2. The summed E-state index contributed by atoms with van der Waals surface area (Å²) in [5.74, 6) is -5.19. The third-order valence-electron chi connectivity index (χ3n) is 11.0. The van der Waals surface area contributed by atoms with Crippen LogP contribution in [0.3, 0.4) is 0 Å². The van der Waals surface area contributed by atoms with Gasteiger partial charge < -0.3 is 68.0 Å². The van der Waals surface area contributed by atoms with Crippen molar-refractivity contribution < 1.29 is 53.9 Å². The zero-order chi connectivity index (χ0) is 48.6. The maximum Gasteiger partial charge on any atom is 0.326 e. The molecule has 4 atom stereocenters. The summed E-state index contributed by atoms with van der Waals surface area (Å²) in [4.78, 5) is 77.9. The molecule has 0 spiro atoms. The Balaban J connectivity index is 1.55. The quantitative estimate of drug-likeness (QED) is 0.0749. The predicted molar refractivity (Wildman–Crippen MR) is 243 cm³/mol. The summed E-state index contributed by atoms with van der Waals surface area (Å²) < 4.78 is 11.9. The monoisotopic (exact) mass is 913 g/mol. The van der Waals surface area contributed by atoms with Crippen molar-refractivity contribution in [1.82, 2.24) is 30.8 Å². The number of aryl methyl sites for hydroxylation is 1. The fourth-order valence-corrected chi connectivity index (χ4v) is 7.22. The number of aliphatic hydroxyl groups is 2. The Morgan fingerprint density at radius 2 is 1.70 bits per heavy atom.